The lowest BCUT2D eigenvalue weighted by Gasteiger charge is -2.24. The largest absolute Gasteiger partial charge is 0.469 e. The van der Waals surface area contributed by atoms with Crippen LogP contribution in [0.25, 0.3) is 5.69 Å². The van der Waals surface area contributed by atoms with Gasteiger partial charge in [-0.25, -0.2) is 13.1 Å². The molecule has 0 aliphatic heterocycles. The van der Waals surface area contributed by atoms with Crippen LogP contribution in [0.5, 0.6) is 0 Å². The predicted octanol–water partition coefficient (Wildman–Crippen LogP) is 6.32. The normalized spacial score (nSPS) is 15.4. The summed E-state index contributed by atoms with van der Waals surface area (Å²) in [7, 11) is -3.19. The second-order valence-corrected chi connectivity index (χ2v) is 14.8. The molecule has 1 fully saturated rings. The van der Waals surface area contributed by atoms with E-state index in [4.69, 9.17) is 4.74 Å². The van der Waals surface area contributed by atoms with Crippen molar-refractivity contribution >= 4 is 21.9 Å². The van der Waals surface area contributed by atoms with Crippen LogP contribution in [-0.2, 0) is 32.2 Å². The van der Waals surface area contributed by atoms with Crippen LogP contribution >= 0.6 is 0 Å². The zero-order chi connectivity index (χ0) is 32.4. The molecule has 1 aromatic carbocycles. The Labute approximate surface area is 252 Å². The van der Waals surface area contributed by atoms with Gasteiger partial charge in [0.05, 0.1) is 28.5 Å². The molecule has 12 heteroatoms. The molecule has 1 aliphatic rings. The summed E-state index contributed by atoms with van der Waals surface area (Å²) in [5, 5.41) is 2.83. The van der Waals surface area contributed by atoms with Gasteiger partial charge in [0, 0.05) is 29.7 Å². The minimum absolute atomic E-state index is 0.113. The number of ether oxygens (including phenoxy) is 1. The van der Waals surface area contributed by atoms with Gasteiger partial charge in [-0.05, 0) is 84.1 Å². The summed E-state index contributed by atoms with van der Waals surface area (Å²) in [6, 6.07) is 3.15. The summed E-state index contributed by atoms with van der Waals surface area (Å²) in [5.74, 6) is -0.496. The average molecular weight is 628 g/mol. The van der Waals surface area contributed by atoms with Gasteiger partial charge in [-0.3, -0.25) is 9.59 Å². The molecule has 0 bridgehead atoms. The summed E-state index contributed by atoms with van der Waals surface area (Å²) >= 11 is 0. The number of nitrogens with one attached hydrogen (secondary N) is 2. The lowest BCUT2D eigenvalue weighted by Crippen LogP contribution is -2.41. The van der Waals surface area contributed by atoms with Crippen molar-refractivity contribution < 1.29 is 35.9 Å². The van der Waals surface area contributed by atoms with Gasteiger partial charge in [-0.15, -0.1) is 0 Å². The Morgan fingerprint density at radius 3 is 2.23 bits per heavy atom. The third-order valence-corrected chi connectivity index (χ3v) is 9.70. The van der Waals surface area contributed by atoms with E-state index in [9.17, 15) is 31.2 Å². The number of benzene rings is 1. The highest BCUT2D eigenvalue weighted by Crippen LogP contribution is 2.37. The molecule has 3 rings (SSSR count). The van der Waals surface area contributed by atoms with Crippen LogP contribution in [0.2, 0.25) is 0 Å². The summed E-state index contributed by atoms with van der Waals surface area (Å²) in [5.41, 5.74) is -1.30. The van der Waals surface area contributed by atoms with Gasteiger partial charge in [-0.2, -0.15) is 13.2 Å². The topological polar surface area (TPSA) is 106 Å². The zero-order valence-electron chi connectivity index (χ0n) is 26.1. The maximum Gasteiger partial charge on any atom is 0.417 e. The molecule has 43 heavy (non-hydrogen) atoms. The first kappa shape index (κ1) is 34.6. The van der Waals surface area contributed by atoms with Crippen molar-refractivity contribution in [1.29, 1.82) is 0 Å². The number of nitrogens with zero attached hydrogens (tertiary/aromatic N) is 1. The van der Waals surface area contributed by atoms with Gasteiger partial charge >= 0.3 is 12.1 Å². The fourth-order valence-corrected chi connectivity index (χ4v) is 7.19. The number of aromatic nitrogens is 1. The van der Waals surface area contributed by atoms with E-state index < -0.39 is 49.5 Å². The maximum atomic E-state index is 14.3. The number of hydrogen-bond donors (Lipinski definition) is 2. The van der Waals surface area contributed by atoms with Crippen molar-refractivity contribution in [3.05, 3.63) is 46.8 Å². The van der Waals surface area contributed by atoms with Crippen molar-refractivity contribution in [3.63, 3.8) is 0 Å². The van der Waals surface area contributed by atoms with E-state index in [0.29, 0.717) is 35.6 Å². The van der Waals surface area contributed by atoms with Crippen LogP contribution < -0.4 is 10.0 Å². The van der Waals surface area contributed by atoms with Crippen LogP contribution in [0.4, 0.5) is 13.2 Å². The number of alkyl halides is 3. The Morgan fingerprint density at radius 1 is 1.05 bits per heavy atom. The number of hydrogen-bond acceptors (Lipinski definition) is 5. The minimum Gasteiger partial charge on any atom is -0.469 e. The van der Waals surface area contributed by atoms with Crippen LogP contribution in [0, 0.1) is 18.3 Å². The molecule has 240 valence electrons. The van der Waals surface area contributed by atoms with E-state index in [2.05, 4.69) is 10.0 Å². The average Bonchev–Trinajstić information content (AvgIpc) is 3.22. The van der Waals surface area contributed by atoms with Gasteiger partial charge in [0.1, 0.15) is 0 Å². The third kappa shape index (κ3) is 8.62. The van der Waals surface area contributed by atoms with Gasteiger partial charge in [0.25, 0.3) is 5.91 Å². The van der Waals surface area contributed by atoms with E-state index in [-0.39, 0.29) is 12.2 Å². The Kier molecular flexibility index (Phi) is 10.5. The van der Waals surface area contributed by atoms with Crippen LogP contribution in [-0.4, -0.2) is 44.1 Å². The first-order valence-electron chi connectivity index (χ1n) is 14.6. The zero-order valence-corrected chi connectivity index (χ0v) is 26.9. The highest BCUT2D eigenvalue weighted by molar-refractivity contribution is 7.89. The fourth-order valence-electron chi connectivity index (χ4n) is 5.56. The van der Waals surface area contributed by atoms with E-state index in [1.807, 2.05) is 0 Å². The predicted molar refractivity (Wildman–Crippen MR) is 159 cm³/mol. The smallest absolute Gasteiger partial charge is 0.417 e. The Balaban J connectivity index is 2.06. The standard InChI is InChI=1S/C31H44F3N3O5S/c1-20-23(27(38)35-16-15-30(5,6)28(39)42-7)19-37(25(20)17-21-11-9-8-10-12-21)22-13-14-26(24(18-22)31(32,33)34)43(40,41)36-29(2,3)4/h13-14,18-19,21,36H,8-12,15-17H2,1-7H3,(H,35,38). The van der Waals surface area contributed by atoms with Crippen molar-refractivity contribution in [2.45, 2.75) is 103 Å². The first-order valence-corrected chi connectivity index (χ1v) is 16.1. The molecule has 2 N–H and O–H groups in total. The number of esters is 1. The number of methoxy groups -OCH3 is 1. The second kappa shape index (κ2) is 13.0. The van der Waals surface area contributed by atoms with Crippen molar-refractivity contribution in [2.75, 3.05) is 13.7 Å². The van der Waals surface area contributed by atoms with Crippen molar-refractivity contribution in [1.82, 2.24) is 14.6 Å². The van der Waals surface area contributed by atoms with Gasteiger partial charge in [0.15, 0.2) is 0 Å². The fraction of sp³-hybridized carbons (Fsp3) is 0.613. The molecule has 0 unspecified atom stereocenters. The van der Waals surface area contributed by atoms with E-state index in [1.165, 1.54) is 19.4 Å². The molecular formula is C31H44F3N3O5S. The molecular weight excluding hydrogens is 583 g/mol. The van der Waals surface area contributed by atoms with Crippen LogP contribution in [0.1, 0.15) is 100 Å². The maximum absolute atomic E-state index is 14.3. The number of halogens is 3. The molecule has 2 aromatic rings. The monoisotopic (exact) mass is 627 g/mol. The molecule has 1 aromatic heterocycles. The molecule has 0 spiro atoms. The summed E-state index contributed by atoms with van der Waals surface area (Å²) in [4.78, 5) is 24.5. The quantitative estimate of drug-likeness (QED) is 0.300. The number of carbonyl (C=O) groups excluding carboxylic acids is 2. The molecule has 0 atom stereocenters. The van der Waals surface area contributed by atoms with E-state index in [1.54, 1.807) is 46.1 Å². The minimum atomic E-state index is -4.95. The third-order valence-electron chi connectivity index (χ3n) is 7.89. The molecule has 1 heterocycles. The van der Waals surface area contributed by atoms with Crippen LogP contribution in [0.3, 0.4) is 0 Å². The lowest BCUT2D eigenvalue weighted by atomic mass is 9.85. The molecule has 1 saturated carbocycles. The van der Waals surface area contributed by atoms with Gasteiger partial charge < -0.3 is 14.6 Å². The van der Waals surface area contributed by atoms with Crippen molar-refractivity contribution in [3.8, 4) is 5.69 Å². The van der Waals surface area contributed by atoms with Crippen LogP contribution in [0.15, 0.2) is 29.3 Å². The summed E-state index contributed by atoms with van der Waals surface area (Å²) in [6.07, 6.45) is 2.71. The number of carbonyl (C=O) groups is 2. The molecule has 0 saturated heterocycles. The first-order chi connectivity index (χ1) is 19.8. The summed E-state index contributed by atoms with van der Waals surface area (Å²) in [6.45, 7) is 10.1. The van der Waals surface area contributed by atoms with Gasteiger partial charge in [0.2, 0.25) is 10.0 Å². The Bertz CT molecular complexity index is 1430. The SMILES string of the molecule is COC(=O)C(C)(C)CCNC(=O)c1cn(-c2ccc(S(=O)(=O)NC(C)(C)C)c(C(F)(F)F)c2)c(CC2CCCCC2)c1C. The number of amides is 1. The molecule has 8 nitrogen and oxygen atoms in total. The van der Waals surface area contributed by atoms with E-state index in [0.717, 1.165) is 44.2 Å². The Morgan fingerprint density at radius 2 is 1.67 bits per heavy atom. The molecule has 1 amide bonds. The number of rotatable bonds is 10. The van der Waals surface area contributed by atoms with Crippen molar-refractivity contribution in [2.24, 2.45) is 11.3 Å². The lowest BCUT2D eigenvalue weighted by molar-refractivity contribution is -0.151. The highest BCUT2D eigenvalue weighted by atomic mass is 32.2. The summed E-state index contributed by atoms with van der Waals surface area (Å²) < 4.78 is 77.6. The number of sulfonamides is 1. The molecule has 1 aliphatic carbocycles. The second-order valence-electron chi connectivity index (χ2n) is 13.1. The van der Waals surface area contributed by atoms with Gasteiger partial charge in [-0.1, -0.05) is 32.1 Å². The highest BCUT2D eigenvalue weighted by Gasteiger charge is 2.39. The van der Waals surface area contributed by atoms with E-state index >= 15 is 0 Å². The Hall–Kier alpha value is -2.86. The molecule has 0 radical (unpaired) electrons.